The second-order valence-corrected chi connectivity index (χ2v) is 8.92. The number of nitrogens with one attached hydrogen (secondary N) is 2. The number of likely N-dealkylation sites (tertiary alicyclic amines) is 1. The summed E-state index contributed by atoms with van der Waals surface area (Å²) in [5, 5.41) is 5.87. The van der Waals surface area contributed by atoms with E-state index in [9.17, 15) is 14.4 Å². The number of methoxy groups -OCH3 is 1. The van der Waals surface area contributed by atoms with Crippen molar-refractivity contribution in [2.24, 2.45) is 4.99 Å². The van der Waals surface area contributed by atoms with Crippen molar-refractivity contribution < 1.29 is 19.1 Å². The normalized spacial score (nSPS) is 17.6. The van der Waals surface area contributed by atoms with Gasteiger partial charge in [-0.1, -0.05) is 11.8 Å². The smallest absolute Gasteiger partial charge is 0.262 e. The maximum absolute atomic E-state index is 12.4. The fourth-order valence-electron chi connectivity index (χ4n) is 3.59. The molecule has 172 valence electrons. The van der Waals surface area contributed by atoms with E-state index in [0.29, 0.717) is 23.7 Å². The minimum atomic E-state index is -0.488. The number of rotatable bonds is 7. The van der Waals surface area contributed by atoms with E-state index in [1.54, 1.807) is 42.6 Å². The van der Waals surface area contributed by atoms with Crippen LogP contribution < -0.4 is 15.4 Å². The molecule has 2 aromatic rings. The molecule has 0 saturated carbocycles. The highest BCUT2D eigenvalue weighted by molar-refractivity contribution is 8.15. The van der Waals surface area contributed by atoms with E-state index in [1.165, 1.54) is 18.9 Å². The molecule has 3 amide bonds. The third-order valence-electron chi connectivity index (χ3n) is 5.37. The Labute approximate surface area is 196 Å². The van der Waals surface area contributed by atoms with Crippen molar-refractivity contribution in [3.8, 4) is 5.88 Å². The Morgan fingerprint density at radius 3 is 2.67 bits per heavy atom. The molecule has 1 fully saturated rings. The van der Waals surface area contributed by atoms with Crippen molar-refractivity contribution in [3.05, 3.63) is 53.7 Å². The number of pyridine rings is 1. The number of nitrogens with zero attached hydrogens (tertiary/aromatic N) is 3. The third kappa shape index (κ3) is 5.89. The van der Waals surface area contributed by atoms with Crippen molar-refractivity contribution in [1.82, 2.24) is 15.2 Å². The van der Waals surface area contributed by atoms with Crippen LogP contribution >= 0.6 is 11.8 Å². The Morgan fingerprint density at radius 1 is 1.18 bits per heavy atom. The summed E-state index contributed by atoms with van der Waals surface area (Å²) in [6.07, 6.45) is 3.88. The fraction of sp³-hybridized carbons (Fsp3) is 0.348. The molecule has 2 aliphatic heterocycles. The zero-order chi connectivity index (χ0) is 23.2. The first-order valence-electron chi connectivity index (χ1n) is 10.7. The number of aromatic nitrogens is 1. The molecule has 1 atom stereocenters. The first kappa shape index (κ1) is 22.8. The highest BCUT2D eigenvalue weighted by Crippen LogP contribution is 2.29. The van der Waals surface area contributed by atoms with Crippen molar-refractivity contribution in [3.63, 3.8) is 0 Å². The van der Waals surface area contributed by atoms with Gasteiger partial charge >= 0.3 is 0 Å². The highest BCUT2D eigenvalue weighted by Gasteiger charge is 2.33. The maximum atomic E-state index is 12.4. The molecule has 2 aliphatic rings. The number of carbonyl (C=O) groups is 3. The van der Waals surface area contributed by atoms with Gasteiger partial charge in [0.2, 0.25) is 11.8 Å². The molecule has 1 aromatic heterocycles. The van der Waals surface area contributed by atoms with Crippen molar-refractivity contribution in [2.75, 3.05) is 25.5 Å². The molecule has 1 saturated heterocycles. The summed E-state index contributed by atoms with van der Waals surface area (Å²) < 4.78 is 5.08. The number of anilines is 1. The average molecular weight is 468 g/mol. The van der Waals surface area contributed by atoms with Crippen LogP contribution in [0.4, 0.5) is 5.69 Å². The minimum Gasteiger partial charge on any atom is -0.481 e. The predicted molar refractivity (Wildman–Crippen MR) is 126 cm³/mol. The molecule has 1 unspecified atom stereocenters. The van der Waals surface area contributed by atoms with Crippen LogP contribution in [-0.2, 0) is 16.1 Å². The number of hydrogen-bond donors (Lipinski definition) is 2. The monoisotopic (exact) mass is 467 g/mol. The number of ether oxygens (including phenoxy) is 1. The fourth-order valence-corrected chi connectivity index (χ4v) is 4.71. The topological polar surface area (TPSA) is 113 Å². The van der Waals surface area contributed by atoms with Crippen LogP contribution in [0.5, 0.6) is 5.88 Å². The second-order valence-electron chi connectivity index (χ2n) is 7.75. The Kier molecular flexibility index (Phi) is 7.23. The molecule has 33 heavy (non-hydrogen) atoms. The molecule has 0 radical (unpaired) electrons. The van der Waals surface area contributed by atoms with Crippen LogP contribution in [0.15, 0.2) is 47.6 Å². The van der Waals surface area contributed by atoms with Crippen LogP contribution in [0.1, 0.15) is 35.2 Å². The Hall–Kier alpha value is -3.40. The van der Waals surface area contributed by atoms with E-state index in [2.05, 4.69) is 25.5 Å². The van der Waals surface area contributed by atoms with E-state index in [1.807, 2.05) is 0 Å². The van der Waals surface area contributed by atoms with Gasteiger partial charge in [-0.2, -0.15) is 4.99 Å². The lowest BCUT2D eigenvalue weighted by Gasteiger charge is -2.16. The predicted octanol–water partition coefficient (Wildman–Crippen LogP) is 2.44. The number of carbonyl (C=O) groups excluding carboxylic acids is 3. The zero-order valence-corrected chi connectivity index (χ0v) is 19.1. The third-order valence-corrected chi connectivity index (χ3v) is 6.58. The van der Waals surface area contributed by atoms with Gasteiger partial charge in [0.15, 0.2) is 5.17 Å². The van der Waals surface area contributed by atoms with Gasteiger partial charge in [-0.3, -0.25) is 14.4 Å². The summed E-state index contributed by atoms with van der Waals surface area (Å²) in [7, 11) is 1.54. The van der Waals surface area contributed by atoms with Gasteiger partial charge in [0.05, 0.1) is 7.11 Å². The van der Waals surface area contributed by atoms with E-state index in [0.717, 1.165) is 36.7 Å². The molecule has 4 rings (SSSR count). The van der Waals surface area contributed by atoms with Crippen LogP contribution in [0.25, 0.3) is 0 Å². The van der Waals surface area contributed by atoms with Crippen LogP contribution in [-0.4, -0.2) is 58.2 Å². The summed E-state index contributed by atoms with van der Waals surface area (Å²) >= 11 is 1.37. The van der Waals surface area contributed by atoms with E-state index < -0.39 is 5.25 Å². The molecule has 1 aromatic carbocycles. The van der Waals surface area contributed by atoms with Gasteiger partial charge in [0.1, 0.15) is 5.25 Å². The molecule has 2 N–H and O–H groups in total. The average Bonchev–Trinajstić information content (AvgIpc) is 3.48. The first-order chi connectivity index (χ1) is 16.0. The Bertz CT molecular complexity index is 1070. The van der Waals surface area contributed by atoms with Gasteiger partial charge in [-0.15, -0.1) is 0 Å². The molecule has 0 aliphatic carbocycles. The number of aliphatic imine (C=N–C) groups is 1. The largest absolute Gasteiger partial charge is 0.481 e. The van der Waals surface area contributed by atoms with Crippen LogP contribution in [0.2, 0.25) is 0 Å². The highest BCUT2D eigenvalue weighted by atomic mass is 32.2. The van der Waals surface area contributed by atoms with Crippen molar-refractivity contribution in [2.45, 2.75) is 31.1 Å². The first-order valence-corrected chi connectivity index (χ1v) is 11.6. The number of benzene rings is 1. The molecule has 9 nitrogen and oxygen atoms in total. The number of hydrogen-bond acceptors (Lipinski definition) is 7. The number of amidine groups is 1. The quantitative estimate of drug-likeness (QED) is 0.643. The lowest BCUT2D eigenvalue weighted by molar-refractivity contribution is -0.121. The maximum Gasteiger partial charge on any atom is 0.262 e. The SMILES string of the molecule is COc1cc(CNC(=O)c2ccc(NC(=O)CC3SC(N4CCCC4)=NC3=O)cc2)ccn1. The van der Waals surface area contributed by atoms with E-state index >= 15 is 0 Å². The molecular weight excluding hydrogens is 442 g/mol. The van der Waals surface area contributed by atoms with E-state index in [4.69, 9.17) is 4.74 Å². The Morgan fingerprint density at radius 2 is 1.94 bits per heavy atom. The van der Waals surface area contributed by atoms with Gasteiger partial charge in [0.25, 0.3) is 11.8 Å². The number of amides is 3. The molecular formula is C23H25N5O4S. The molecule has 10 heteroatoms. The van der Waals surface area contributed by atoms with E-state index in [-0.39, 0.29) is 24.1 Å². The van der Waals surface area contributed by atoms with Crippen LogP contribution in [0, 0.1) is 0 Å². The summed E-state index contributed by atoms with van der Waals surface area (Å²) in [5.74, 6) is -0.264. The zero-order valence-electron chi connectivity index (χ0n) is 18.2. The summed E-state index contributed by atoms with van der Waals surface area (Å²) in [6.45, 7) is 2.16. The number of thioether (sulfide) groups is 1. The van der Waals surface area contributed by atoms with Gasteiger partial charge in [-0.05, 0) is 48.7 Å². The van der Waals surface area contributed by atoms with Crippen molar-refractivity contribution in [1.29, 1.82) is 0 Å². The summed E-state index contributed by atoms with van der Waals surface area (Å²) in [6, 6.07) is 10.2. The van der Waals surface area contributed by atoms with Crippen LogP contribution in [0.3, 0.4) is 0 Å². The van der Waals surface area contributed by atoms with Crippen molar-refractivity contribution >= 4 is 40.3 Å². The van der Waals surface area contributed by atoms with Gasteiger partial charge in [-0.25, -0.2) is 4.98 Å². The standard InChI is InChI=1S/C23H25N5O4S/c1-32-20-12-15(8-9-24-20)14-25-21(30)16-4-6-17(7-5-16)26-19(29)13-18-22(31)27-23(33-18)28-10-2-3-11-28/h4-9,12,18H,2-3,10-11,13-14H2,1H3,(H,25,30)(H,26,29). The molecule has 3 heterocycles. The van der Waals surface area contributed by atoms with Gasteiger partial charge < -0.3 is 20.3 Å². The lowest BCUT2D eigenvalue weighted by Crippen LogP contribution is -2.25. The molecule has 0 spiro atoms. The second kappa shape index (κ2) is 10.5. The molecule has 0 bridgehead atoms. The van der Waals surface area contributed by atoms with Gasteiger partial charge in [0, 0.05) is 49.6 Å². The lowest BCUT2D eigenvalue weighted by atomic mass is 10.1. The summed E-state index contributed by atoms with van der Waals surface area (Å²) in [5.41, 5.74) is 1.90. The minimum absolute atomic E-state index is 0.0575. The summed E-state index contributed by atoms with van der Waals surface area (Å²) in [4.78, 5) is 47.3. The Balaban J connectivity index is 1.25.